The molecule has 0 aliphatic heterocycles. The summed E-state index contributed by atoms with van der Waals surface area (Å²) in [4.78, 5) is 18.2. The van der Waals surface area contributed by atoms with Gasteiger partial charge in [0.2, 0.25) is 5.82 Å². The number of aromatic nitrogens is 2. The van der Waals surface area contributed by atoms with Gasteiger partial charge in [-0.2, -0.15) is 9.78 Å². The maximum Gasteiger partial charge on any atom is 0.282 e. The maximum absolute atomic E-state index is 13.5. The van der Waals surface area contributed by atoms with Crippen molar-refractivity contribution < 1.29 is 9.15 Å². The summed E-state index contributed by atoms with van der Waals surface area (Å²) < 4.78 is 15.8. The highest BCUT2D eigenvalue weighted by atomic mass is 79.9. The molecule has 0 unspecified atom stereocenters. The summed E-state index contributed by atoms with van der Waals surface area (Å²) >= 11 is 10.7. The maximum atomic E-state index is 13.5. The number of ether oxygens (including phenoxy) is 1. The van der Waals surface area contributed by atoms with Gasteiger partial charge < -0.3 is 9.15 Å². The van der Waals surface area contributed by atoms with Crippen LogP contribution in [0.15, 0.2) is 88.4 Å². The topological polar surface area (TPSA) is 69.6 Å². The van der Waals surface area contributed by atoms with Gasteiger partial charge in [0.1, 0.15) is 11.3 Å². The fourth-order valence-corrected chi connectivity index (χ4v) is 5.48. The molecule has 0 saturated carbocycles. The zero-order valence-corrected chi connectivity index (χ0v) is 24.1. The molecule has 5 rings (SSSR count). The van der Waals surface area contributed by atoms with Crippen molar-refractivity contribution in [1.82, 2.24) is 9.66 Å². The molecule has 0 saturated heterocycles. The Morgan fingerprint density at radius 1 is 1.08 bits per heavy atom. The van der Waals surface area contributed by atoms with Crippen molar-refractivity contribution in [1.29, 1.82) is 0 Å². The molecule has 3 aromatic carbocycles. The average molecular weight is 674 g/mol. The summed E-state index contributed by atoms with van der Waals surface area (Å²) in [6.45, 7) is 4.09. The van der Waals surface area contributed by atoms with Crippen molar-refractivity contribution in [3.05, 3.63) is 90.0 Å². The molecule has 5 aromatic rings. The molecule has 2 aromatic heterocycles. The zero-order valence-electron chi connectivity index (χ0n) is 19.3. The molecule has 0 aliphatic carbocycles. The number of furan rings is 1. The average Bonchev–Trinajstić information content (AvgIpc) is 3.28. The highest BCUT2D eigenvalue weighted by Crippen LogP contribution is 2.35. The van der Waals surface area contributed by atoms with Crippen LogP contribution in [-0.2, 0) is 0 Å². The molecule has 0 N–H and O–H groups in total. The molecule has 36 heavy (non-hydrogen) atoms. The van der Waals surface area contributed by atoms with E-state index >= 15 is 0 Å². The first-order valence-corrected chi connectivity index (χ1v) is 13.6. The molecule has 0 amide bonds. The molecule has 0 aliphatic rings. The predicted molar refractivity (Wildman–Crippen MR) is 154 cm³/mol. The molecule has 6 nitrogen and oxygen atoms in total. The van der Waals surface area contributed by atoms with Gasteiger partial charge in [-0.05, 0) is 99.3 Å². The first-order chi connectivity index (χ1) is 17.3. The molecule has 0 radical (unpaired) electrons. The lowest BCUT2D eigenvalue weighted by Gasteiger charge is -2.16. The van der Waals surface area contributed by atoms with Gasteiger partial charge in [0.15, 0.2) is 5.76 Å². The lowest BCUT2D eigenvalue weighted by molar-refractivity contribution is 0.214. The number of hydrogen-bond acceptors (Lipinski definition) is 5. The Morgan fingerprint density at radius 3 is 2.58 bits per heavy atom. The van der Waals surface area contributed by atoms with E-state index in [1.807, 2.05) is 55.5 Å². The quantitative estimate of drug-likeness (QED) is 0.171. The summed E-state index contributed by atoms with van der Waals surface area (Å²) in [6, 6.07) is 18.6. The van der Waals surface area contributed by atoms with Gasteiger partial charge in [-0.25, -0.2) is 4.98 Å². The van der Waals surface area contributed by atoms with Gasteiger partial charge in [-0.3, -0.25) is 4.79 Å². The van der Waals surface area contributed by atoms with Crippen LogP contribution in [-0.4, -0.2) is 22.0 Å². The highest BCUT2D eigenvalue weighted by Gasteiger charge is 2.17. The van der Waals surface area contributed by atoms with E-state index in [-0.39, 0.29) is 11.7 Å². The Hall–Kier alpha value is -2.75. The summed E-state index contributed by atoms with van der Waals surface area (Å²) in [5, 5.41) is 5.90. The van der Waals surface area contributed by atoms with E-state index in [1.54, 1.807) is 18.3 Å². The fourth-order valence-electron chi connectivity index (χ4n) is 3.69. The largest absolute Gasteiger partial charge is 0.488 e. The second-order valence-electron chi connectivity index (χ2n) is 8.26. The SMILES string of the molecule is CC[C@H](C)Oc1c(Br)cc(C=Nn2c(-c3cc4cc(Br)ccc4o3)nc3ccccc3c2=O)cc1Br. The van der Waals surface area contributed by atoms with Crippen LogP contribution >= 0.6 is 47.8 Å². The van der Waals surface area contributed by atoms with Crippen molar-refractivity contribution in [3.63, 3.8) is 0 Å². The number of para-hydroxylation sites is 1. The van der Waals surface area contributed by atoms with Gasteiger partial charge in [0, 0.05) is 9.86 Å². The van der Waals surface area contributed by atoms with Gasteiger partial charge in [0.25, 0.3) is 5.56 Å². The van der Waals surface area contributed by atoms with Crippen LogP contribution in [0, 0.1) is 0 Å². The minimum atomic E-state index is -0.289. The predicted octanol–water partition coefficient (Wildman–Crippen LogP) is 8.16. The van der Waals surface area contributed by atoms with E-state index in [9.17, 15) is 4.79 Å². The molecular formula is C27H20Br3N3O3. The van der Waals surface area contributed by atoms with Crippen LogP contribution in [0.4, 0.5) is 0 Å². The van der Waals surface area contributed by atoms with Crippen molar-refractivity contribution in [2.24, 2.45) is 5.10 Å². The number of rotatable bonds is 6. The third-order valence-electron chi connectivity index (χ3n) is 5.69. The van der Waals surface area contributed by atoms with Crippen LogP contribution in [0.3, 0.4) is 0 Å². The van der Waals surface area contributed by atoms with Crippen LogP contribution in [0.25, 0.3) is 33.5 Å². The second kappa shape index (κ2) is 10.3. The monoisotopic (exact) mass is 671 g/mol. The van der Waals surface area contributed by atoms with Crippen molar-refractivity contribution in [2.45, 2.75) is 26.4 Å². The summed E-state index contributed by atoms with van der Waals surface area (Å²) in [6.07, 6.45) is 2.58. The Morgan fingerprint density at radius 2 is 1.83 bits per heavy atom. The molecule has 0 bridgehead atoms. The van der Waals surface area contributed by atoms with E-state index in [0.29, 0.717) is 28.1 Å². The minimum absolute atomic E-state index is 0.0753. The third-order valence-corrected chi connectivity index (χ3v) is 7.36. The van der Waals surface area contributed by atoms with Gasteiger partial charge in [0.05, 0.1) is 32.2 Å². The van der Waals surface area contributed by atoms with Gasteiger partial charge in [-0.1, -0.05) is 35.0 Å². The first kappa shape index (κ1) is 24.9. The lowest BCUT2D eigenvalue weighted by Crippen LogP contribution is -2.20. The first-order valence-electron chi connectivity index (χ1n) is 11.3. The third kappa shape index (κ3) is 4.92. The van der Waals surface area contributed by atoms with Crippen LogP contribution in [0.5, 0.6) is 5.75 Å². The number of benzene rings is 3. The van der Waals surface area contributed by atoms with E-state index in [0.717, 1.165) is 36.5 Å². The molecule has 2 heterocycles. The van der Waals surface area contributed by atoms with Crippen LogP contribution in [0.2, 0.25) is 0 Å². The van der Waals surface area contributed by atoms with E-state index in [1.165, 1.54) is 4.68 Å². The van der Waals surface area contributed by atoms with Crippen molar-refractivity contribution >= 4 is 75.9 Å². The van der Waals surface area contributed by atoms with Crippen molar-refractivity contribution in [2.75, 3.05) is 0 Å². The molecule has 1 atom stereocenters. The minimum Gasteiger partial charge on any atom is -0.488 e. The summed E-state index contributed by atoms with van der Waals surface area (Å²) in [5.41, 5.74) is 1.74. The molecule has 0 spiro atoms. The van der Waals surface area contributed by atoms with E-state index in [2.05, 4.69) is 59.8 Å². The van der Waals surface area contributed by atoms with Crippen LogP contribution < -0.4 is 10.3 Å². The molecule has 0 fully saturated rings. The molecule has 9 heteroatoms. The van der Waals surface area contributed by atoms with Gasteiger partial charge in [-0.15, -0.1) is 0 Å². The Kier molecular flexibility index (Phi) is 7.14. The zero-order chi connectivity index (χ0) is 25.4. The standard InChI is InChI=1S/C27H20Br3N3O3/c1-3-15(2)35-25-20(29)10-16(11-21(25)30)14-31-33-26(32-22-7-5-4-6-19(22)27(33)34)24-13-17-12-18(28)8-9-23(17)36-24/h4-15H,3H2,1-2H3/t15-/m0/s1. The van der Waals surface area contributed by atoms with E-state index in [4.69, 9.17) is 14.1 Å². The number of hydrogen-bond donors (Lipinski definition) is 0. The molecule has 182 valence electrons. The molecular weight excluding hydrogens is 654 g/mol. The summed E-state index contributed by atoms with van der Waals surface area (Å²) in [7, 11) is 0. The number of halogens is 3. The lowest BCUT2D eigenvalue weighted by atomic mass is 10.2. The van der Waals surface area contributed by atoms with E-state index < -0.39 is 0 Å². The van der Waals surface area contributed by atoms with Crippen LogP contribution in [0.1, 0.15) is 25.8 Å². The summed E-state index contributed by atoms with van der Waals surface area (Å²) in [5.74, 6) is 1.49. The Labute approximate surface area is 232 Å². The van der Waals surface area contributed by atoms with Gasteiger partial charge >= 0.3 is 0 Å². The number of fused-ring (bicyclic) bond motifs is 2. The Balaban J connectivity index is 1.63. The smallest absolute Gasteiger partial charge is 0.282 e. The second-order valence-corrected chi connectivity index (χ2v) is 10.9. The highest BCUT2D eigenvalue weighted by molar-refractivity contribution is 9.11. The Bertz CT molecular complexity index is 1670. The normalized spacial score (nSPS) is 12.6. The van der Waals surface area contributed by atoms with Crippen molar-refractivity contribution in [3.8, 4) is 17.3 Å². The fraction of sp³-hybridized carbons (Fsp3) is 0.148. The number of nitrogens with zero attached hydrogens (tertiary/aromatic N) is 3.